The van der Waals surface area contributed by atoms with Gasteiger partial charge in [-0.2, -0.15) is 0 Å². The number of ether oxygens (including phenoxy) is 1. The van der Waals surface area contributed by atoms with Crippen LogP contribution in [0.1, 0.15) is 77.6 Å². The number of carbonyl (C=O) groups excluding carboxylic acids is 1. The van der Waals surface area contributed by atoms with Gasteiger partial charge in [0.1, 0.15) is 29.2 Å². The number of primary amides is 1. The van der Waals surface area contributed by atoms with Gasteiger partial charge in [0, 0.05) is 11.6 Å². The van der Waals surface area contributed by atoms with Crippen molar-refractivity contribution >= 4 is 5.91 Å². The standard InChI is InChI=1S/C26H24F2N4O4/c1-26(2,35)5-4-12-8-17-16(10-19(12)28)13-6-15(7-13)32-21(20(23(29)34)31-24(17)32)22(33)18-9-14(27)11-30-25(18)36-3/h8-11,13,15,22,33,35H,6-7H2,1-3H3,(H2,29,34). The van der Waals surface area contributed by atoms with E-state index >= 15 is 0 Å². The van der Waals surface area contributed by atoms with Gasteiger partial charge < -0.3 is 25.3 Å². The van der Waals surface area contributed by atoms with Crippen LogP contribution in [-0.4, -0.2) is 43.4 Å². The molecule has 0 saturated heterocycles. The van der Waals surface area contributed by atoms with Crippen LogP contribution in [0.5, 0.6) is 5.88 Å². The number of imidazole rings is 1. The van der Waals surface area contributed by atoms with Crippen molar-refractivity contribution in [3.05, 3.63) is 64.1 Å². The van der Waals surface area contributed by atoms with Crippen LogP contribution < -0.4 is 10.5 Å². The summed E-state index contributed by atoms with van der Waals surface area (Å²) in [6.45, 7) is 2.98. The monoisotopic (exact) mass is 494 g/mol. The largest absolute Gasteiger partial charge is 0.481 e. The van der Waals surface area contributed by atoms with Crippen LogP contribution in [-0.2, 0) is 0 Å². The van der Waals surface area contributed by atoms with E-state index in [0.717, 1.165) is 12.3 Å². The highest BCUT2D eigenvalue weighted by atomic mass is 19.1. The fraction of sp³-hybridized carbons (Fsp3) is 0.346. The van der Waals surface area contributed by atoms with E-state index in [4.69, 9.17) is 10.5 Å². The Labute approximate surface area is 205 Å². The third-order valence-electron chi connectivity index (χ3n) is 6.58. The molecule has 3 aromatic rings. The van der Waals surface area contributed by atoms with E-state index in [0.29, 0.717) is 29.8 Å². The lowest BCUT2D eigenvalue weighted by molar-refractivity contribution is 0.0988. The minimum atomic E-state index is -1.53. The number of aliphatic hydroxyl groups excluding tert-OH is 1. The Hall–Kier alpha value is -3.81. The molecule has 1 aromatic carbocycles. The first-order valence-corrected chi connectivity index (χ1v) is 11.4. The molecule has 0 spiro atoms. The van der Waals surface area contributed by atoms with Crippen LogP contribution in [0.4, 0.5) is 8.78 Å². The predicted molar refractivity (Wildman–Crippen MR) is 125 cm³/mol. The van der Waals surface area contributed by atoms with Crippen molar-refractivity contribution in [2.24, 2.45) is 5.73 Å². The van der Waals surface area contributed by atoms with Gasteiger partial charge in [-0.15, -0.1) is 0 Å². The van der Waals surface area contributed by atoms with Gasteiger partial charge in [-0.1, -0.05) is 11.8 Å². The SMILES string of the molecule is COc1ncc(F)cc1C(O)c1c(C(N)=O)nc2n1C1CC(C1)c1cc(F)c(C#CC(C)(C)O)cc1-2. The number of hydrogen-bond donors (Lipinski definition) is 3. The Balaban J connectivity index is 1.75. The molecule has 4 heterocycles. The maximum absolute atomic E-state index is 15.0. The van der Waals surface area contributed by atoms with Gasteiger partial charge in [0.15, 0.2) is 5.69 Å². The topological polar surface area (TPSA) is 123 Å². The number of nitrogens with two attached hydrogens (primary N) is 1. The molecule has 3 aliphatic rings. The van der Waals surface area contributed by atoms with Crippen LogP contribution in [0.3, 0.4) is 0 Å². The lowest BCUT2D eigenvalue weighted by Gasteiger charge is -2.36. The van der Waals surface area contributed by atoms with Gasteiger partial charge in [0.2, 0.25) is 5.88 Å². The smallest absolute Gasteiger partial charge is 0.269 e. The second kappa shape index (κ2) is 8.40. The molecule has 1 saturated carbocycles. The third-order valence-corrected chi connectivity index (χ3v) is 6.58. The van der Waals surface area contributed by atoms with Gasteiger partial charge in [-0.05, 0) is 56.4 Å². The van der Waals surface area contributed by atoms with Gasteiger partial charge in [0.05, 0.1) is 30.1 Å². The number of nitrogens with zero attached hydrogens (tertiary/aromatic N) is 3. The average Bonchev–Trinajstić information content (AvgIpc) is 3.06. The maximum atomic E-state index is 15.0. The molecule has 6 rings (SSSR count). The first-order chi connectivity index (χ1) is 17.0. The lowest BCUT2D eigenvalue weighted by Crippen LogP contribution is -2.27. The van der Waals surface area contributed by atoms with Gasteiger partial charge >= 0.3 is 0 Å². The molecule has 8 nitrogen and oxygen atoms in total. The summed E-state index contributed by atoms with van der Waals surface area (Å²) in [5.74, 6) is 3.54. The molecule has 10 heteroatoms. The van der Waals surface area contributed by atoms with E-state index in [9.17, 15) is 23.8 Å². The van der Waals surface area contributed by atoms with Gasteiger partial charge in [-0.3, -0.25) is 4.79 Å². The highest BCUT2D eigenvalue weighted by Gasteiger charge is 2.43. The molecule has 1 aliphatic carbocycles. The number of benzene rings is 1. The normalized spacial score (nSPS) is 18.6. The number of amides is 1. The van der Waals surface area contributed by atoms with Crippen molar-refractivity contribution in [2.75, 3.05) is 7.11 Å². The summed E-state index contributed by atoms with van der Waals surface area (Å²) in [6, 6.07) is 3.88. The molecule has 2 aliphatic heterocycles. The molecular formula is C26H24F2N4O4. The first kappa shape index (κ1) is 23.9. The summed E-state index contributed by atoms with van der Waals surface area (Å²) < 4.78 is 35.9. The minimum Gasteiger partial charge on any atom is -0.481 e. The number of carbonyl (C=O) groups is 1. The Bertz CT molecular complexity index is 1460. The van der Waals surface area contributed by atoms with Gasteiger partial charge in [-0.25, -0.2) is 18.7 Å². The van der Waals surface area contributed by atoms with Crippen LogP contribution in [0.2, 0.25) is 0 Å². The van der Waals surface area contributed by atoms with E-state index in [2.05, 4.69) is 21.8 Å². The summed E-state index contributed by atoms with van der Waals surface area (Å²) in [6.07, 6.45) is 0.683. The minimum absolute atomic E-state index is 0.0124. The second-order valence-electron chi connectivity index (χ2n) is 9.61. The zero-order chi connectivity index (χ0) is 25.9. The zero-order valence-corrected chi connectivity index (χ0v) is 19.8. The molecule has 4 N–H and O–H groups in total. The lowest BCUT2D eigenvalue weighted by atomic mass is 9.75. The molecule has 2 bridgehead atoms. The number of halogens is 2. The predicted octanol–water partition coefficient (Wildman–Crippen LogP) is 2.97. The maximum Gasteiger partial charge on any atom is 0.269 e. The van der Waals surface area contributed by atoms with Crippen molar-refractivity contribution < 1.29 is 28.5 Å². The van der Waals surface area contributed by atoms with Crippen LogP contribution in [0.25, 0.3) is 11.4 Å². The average molecular weight is 494 g/mol. The summed E-state index contributed by atoms with van der Waals surface area (Å²) >= 11 is 0. The molecule has 186 valence electrons. The fourth-order valence-corrected chi connectivity index (χ4v) is 4.89. The Morgan fingerprint density at radius 1 is 1.31 bits per heavy atom. The molecule has 1 unspecified atom stereocenters. The quantitative estimate of drug-likeness (QED) is 0.479. The first-order valence-electron chi connectivity index (χ1n) is 11.4. The second-order valence-corrected chi connectivity index (χ2v) is 9.61. The summed E-state index contributed by atoms with van der Waals surface area (Å²) in [5, 5.41) is 21.3. The summed E-state index contributed by atoms with van der Waals surface area (Å²) in [4.78, 5) is 20.8. The van der Waals surface area contributed by atoms with E-state index < -0.39 is 29.2 Å². The Morgan fingerprint density at radius 3 is 2.67 bits per heavy atom. The zero-order valence-electron chi connectivity index (χ0n) is 19.8. The van der Waals surface area contributed by atoms with Crippen molar-refractivity contribution in [2.45, 2.75) is 50.4 Å². The number of aromatic nitrogens is 3. The number of methoxy groups -OCH3 is 1. The van der Waals surface area contributed by atoms with E-state index in [1.807, 2.05) is 0 Å². The molecule has 1 fully saturated rings. The number of hydrogen-bond acceptors (Lipinski definition) is 6. The van der Waals surface area contributed by atoms with E-state index in [1.165, 1.54) is 33.1 Å². The van der Waals surface area contributed by atoms with Crippen molar-refractivity contribution in [1.29, 1.82) is 0 Å². The van der Waals surface area contributed by atoms with Crippen LogP contribution in [0.15, 0.2) is 24.4 Å². The highest BCUT2D eigenvalue weighted by Crippen LogP contribution is 2.54. The van der Waals surface area contributed by atoms with Crippen molar-refractivity contribution in [3.8, 4) is 29.1 Å². The number of rotatable bonds is 4. The molecule has 0 radical (unpaired) electrons. The van der Waals surface area contributed by atoms with Crippen molar-refractivity contribution in [1.82, 2.24) is 14.5 Å². The van der Waals surface area contributed by atoms with Crippen LogP contribution >= 0.6 is 0 Å². The van der Waals surface area contributed by atoms with E-state index in [1.54, 1.807) is 4.57 Å². The molecule has 2 aromatic heterocycles. The molecule has 1 amide bonds. The summed E-state index contributed by atoms with van der Waals surface area (Å²) in [7, 11) is 1.33. The molecular weight excluding hydrogens is 470 g/mol. The Kier molecular flexibility index (Phi) is 5.58. The summed E-state index contributed by atoms with van der Waals surface area (Å²) in [5.41, 5.74) is 5.56. The molecule has 1 atom stereocenters. The third kappa shape index (κ3) is 3.90. The van der Waals surface area contributed by atoms with E-state index in [-0.39, 0.29) is 40.4 Å². The number of pyridine rings is 1. The van der Waals surface area contributed by atoms with Crippen LogP contribution in [0, 0.1) is 23.5 Å². The fourth-order valence-electron chi connectivity index (χ4n) is 4.89. The Morgan fingerprint density at radius 2 is 2.03 bits per heavy atom. The van der Waals surface area contributed by atoms with Gasteiger partial charge in [0.25, 0.3) is 5.91 Å². The highest BCUT2D eigenvalue weighted by molar-refractivity contribution is 5.93. The molecule has 36 heavy (non-hydrogen) atoms. The number of aliphatic hydroxyl groups is 2. The van der Waals surface area contributed by atoms with Crippen molar-refractivity contribution in [3.63, 3.8) is 0 Å².